The van der Waals surface area contributed by atoms with E-state index in [0.29, 0.717) is 40.1 Å². The Balaban J connectivity index is 1.53. The largest absolute Gasteiger partial charge is 0.350 e. The summed E-state index contributed by atoms with van der Waals surface area (Å²) in [5.41, 5.74) is 4.49. The molecule has 2 heterocycles. The summed E-state index contributed by atoms with van der Waals surface area (Å²) >= 11 is 12.3. The number of rotatable bonds is 6. The second-order valence-electron chi connectivity index (χ2n) is 7.73. The highest BCUT2D eigenvalue weighted by Gasteiger charge is 2.17. The van der Waals surface area contributed by atoms with Gasteiger partial charge in [0, 0.05) is 28.4 Å². The second kappa shape index (κ2) is 9.27. The van der Waals surface area contributed by atoms with E-state index in [9.17, 15) is 4.79 Å². The van der Waals surface area contributed by atoms with Crippen molar-refractivity contribution in [1.29, 1.82) is 0 Å². The summed E-state index contributed by atoms with van der Waals surface area (Å²) in [7, 11) is 0. The van der Waals surface area contributed by atoms with E-state index in [-0.39, 0.29) is 11.9 Å². The van der Waals surface area contributed by atoms with Crippen LogP contribution in [0.2, 0.25) is 10.0 Å². The fourth-order valence-electron chi connectivity index (χ4n) is 3.73. The molecule has 164 valence electrons. The molecule has 6 nitrogen and oxygen atoms in total. The molecule has 0 saturated heterocycles. The molecule has 2 aromatic heterocycles. The van der Waals surface area contributed by atoms with Crippen molar-refractivity contribution < 1.29 is 4.79 Å². The van der Waals surface area contributed by atoms with Gasteiger partial charge >= 0.3 is 0 Å². The molecule has 0 unspecified atom stereocenters. The Kier molecular flexibility index (Phi) is 6.44. The van der Waals surface area contributed by atoms with Gasteiger partial charge in [-0.15, -0.1) is 5.10 Å². The monoisotopic (exact) mass is 467 g/mol. The number of nitrogens with one attached hydrogen (secondary N) is 1. The number of hydrogen-bond donors (Lipinski definition) is 1. The predicted molar refractivity (Wildman–Crippen MR) is 127 cm³/mol. The van der Waals surface area contributed by atoms with Crippen molar-refractivity contribution in [2.75, 3.05) is 0 Å². The maximum atomic E-state index is 12.5. The van der Waals surface area contributed by atoms with Crippen LogP contribution < -0.4 is 5.32 Å². The minimum absolute atomic E-state index is 0.00697. The number of carbonyl (C=O) groups excluding carboxylic acids is 1. The van der Waals surface area contributed by atoms with Crippen LogP contribution in [0.15, 0.2) is 48.5 Å². The minimum atomic E-state index is -0.0477. The Labute approximate surface area is 196 Å². The number of aromatic nitrogens is 4. The number of amides is 1. The molecule has 4 aromatic rings. The lowest BCUT2D eigenvalue weighted by molar-refractivity contribution is -0.121. The van der Waals surface area contributed by atoms with Crippen molar-refractivity contribution in [3.8, 4) is 11.4 Å². The van der Waals surface area contributed by atoms with E-state index >= 15 is 0 Å². The molecule has 0 aliphatic carbocycles. The molecule has 1 amide bonds. The molecule has 0 bridgehead atoms. The second-order valence-corrected chi connectivity index (χ2v) is 8.58. The summed E-state index contributed by atoms with van der Waals surface area (Å²) in [4.78, 5) is 21.7. The lowest BCUT2D eigenvalue weighted by Gasteiger charge is -2.15. The van der Waals surface area contributed by atoms with Crippen LogP contribution in [0.25, 0.3) is 17.2 Å². The number of hydrogen-bond acceptors (Lipinski definition) is 4. The third kappa shape index (κ3) is 4.61. The Hall–Kier alpha value is -2.96. The molecule has 1 N–H and O–H groups in total. The minimum Gasteiger partial charge on any atom is -0.350 e. The van der Waals surface area contributed by atoms with E-state index in [1.807, 2.05) is 51.1 Å². The maximum absolute atomic E-state index is 12.5. The van der Waals surface area contributed by atoms with E-state index in [2.05, 4.69) is 20.4 Å². The summed E-state index contributed by atoms with van der Waals surface area (Å²) in [5.74, 6) is 0.965. The first kappa shape index (κ1) is 22.2. The van der Waals surface area contributed by atoms with E-state index < -0.39 is 0 Å². The molecule has 0 saturated carbocycles. The summed E-state index contributed by atoms with van der Waals surface area (Å²) in [6.45, 7) is 5.87. The molecule has 0 aliphatic rings. The van der Waals surface area contributed by atoms with Crippen molar-refractivity contribution in [3.05, 3.63) is 81.1 Å². The Morgan fingerprint density at radius 2 is 1.84 bits per heavy atom. The number of nitrogens with zero attached hydrogens (tertiary/aromatic N) is 4. The lowest BCUT2D eigenvalue weighted by atomic mass is 10.1. The number of carbonyl (C=O) groups is 1. The van der Waals surface area contributed by atoms with Gasteiger partial charge in [-0.1, -0.05) is 53.5 Å². The van der Waals surface area contributed by atoms with Crippen molar-refractivity contribution in [1.82, 2.24) is 24.9 Å². The third-order valence-corrected chi connectivity index (χ3v) is 6.05. The zero-order valence-corrected chi connectivity index (χ0v) is 19.6. The van der Waals surface area contributed by atoms with E-state index in [4.69, 9.17) is 23.2 Å². The average Bonchev–Trinajstić information content (AvgIpc) is 3.18. The Morgan fingerprint density at radius 1 is 1.09 bits per heavy atom. The van der Waals surface area contributed by atoms with Crippen molar-refractivity contribution in [3.63, 3.8) is 0 Å². The Morgan fingerprint density at radius 3 is 2.56 bits per heavy atom. The van der Waals surface area contributed by atoms with Gasteiger partial charge in [0.15, 0.2) is 5.82 Å². The molecule has 4 rings (SSSR count). The highest BCUT2D eigenvalue weighted by molar-refractivity contribution is 6.36. The number of benzene rings is 2. The van der Waals surface area contributed by atoms with Gasteiger partial charge in [0.25, 0.3) is 5.78 Å². The summed E-state index contributed by atoms with van der Waals surface area (Å²) < 4.78 is 1.70. The van der Waals surface area contributed by atoms with Crippen LogP contribution >= 0.6 is 23.2 Å². The van der Waals surface area contributed by atoms with Crippen molar-refractivity contribution in [2.45, 2.75) is 39.7 Å². The van der Waals surface area contributed by atoms with Crippen molar-refractivity contribution in [2.24, 2.45) is 0 Å². The Bertz CT molecular complexity index is 1290. The van der Waals surface area contributed by atoms with Gasteiger partial charge < -0.3 is 5.32 Å². The third-order valence-electron chi connectivity index (χ3n) is 5.50. The summed E-state index contributed by atoms with van der Waals surface area (Å²) in [5, 5.41) is 8.69. The fraction of sp³-hybridized carbons (Fsp3) is 0.250. The maximum Gasteiger partial charge on any atom is 0.253 e. The number of fused-ring (bicyclic) bond motifs is 1. The standard InChI is InChI=1S/C24H23Cl2N5O/c1-14(17-7-5-4-6-8-17)27-22(32)12-11-19-15(2)28-24-29-23(30-31(24)16(19)3)20-10-9-18(25)13-21(20)26/h4-10,13-14H,11-12H2,1-3H3,(H,27,32)/t14-/m1/s1. The van der Waals surface area contributed by atoms with Gasteiger partial charge in [0.1, 0.15) is 0 Å². The molecular formula is C24H23Cl2N5O. The van der Waals surface area contributed by atoms with Gasteiger partial charge in [-0.3, -0.25) is 4.79 Å². The average molecular weight is 468 g/mol. The van der Waals surface area contributed by atoms with Crippen LogP contribution in [0.3, 0.4) is 0 Å². The highest BCUT2D eigenvalue weighted by atomic mass is 35.5. The van der Waals surface area contributed by atoms with Gasteiger partial charge in [0.2, 0.25) is 5.91 Å². The van der Waals surface area contributed by atoms with Gasteiger partial charge in [-0.2, -0.15) is 4.98 Å². The van der Waals surface area contributed by atoms with Crippen LogP contribution in [-0.4, -0.2) is 25.5 Å². The molecule has 0 radical (unpaired) electrons. The van der Waals surface area contributed by atoms with Gasteiger partial charge in [-0.25, -0.2) is 9.50 Å². The summed E-state index contributed by atoms with van der Waals surface area (Å²) in [6.07, 6.45) is 0.918. The first-order chi connectivity index (χ1) is 15.3. The first-order valence-electron chi connectivity index (χ1n) is 10.4. The number of aryl methyl sites for hydroxylation is 2. The normalized spacial score (nSPS) is 12.2. The number of halogens is 2. The first-order valence-corrected chi connectivity index (χ1v) is 11.1. The fourth-order valence-corrected chi connectivity index (χ4v) is 4.23. The van der Waals surface area contributed by atoms with Gasteiger partial charge in [-0.05, 0) is 56.5 Å². The molecule has 1 atom stereocenters. The molecular weight excluding hydrogens is 445 g/mol. The molecule has 32 heavy (non-hydrogen) atoms. The molecule has 8 heteroatoms. The highest BCUT2D eigenvalue weighted by Crippen LogP contribution is 2.29. The molecule has 2 aromatic carbocycles. The molecule has 0 spiro atoms. The van der Waals surface area contributed by atoms with Crippen LogP contribution in [-0.2, 0) is 11.2 Å². The molecule has 0 aliphatic heterocycles. The quantitative estimate of drug-likeness (QED) is 0.404. The van der Waals surface area contributed by atoms with Crippen LogP contribution in [0.1, 0.15) is 41.9 Å². The smallest absolute Gasteiger partial charge is 0.253 e. The van der Waals surface area contributed by atoms with Crippen molar-refractivity contribution >= 4 is 34.9 Å². The zero-order valence-electron chi connectivity index (χ0n) is 18.1. The zero-order chi connectivity index (χ0) is 22.8. The van der Waals surface area contributed by atoms with Gasteiger partial charge in [0.05, 0.1) is 11.1 Å². The topological polar surface area (TPSA) is 72.2 Å². The SMILES string of the molecule is Cc1nc2nc(-c3ccc(Cl)cc3Cl)nn2c(C)c1CCC(=O)N[C@H](C)c1ccccc1. The van der Waals surface area contributed by atoms with E-state index in [1.165, 1.54) is 0 Å². The van der Waals surface area contributed by atoms with Crippen LogP contribution in [0, 0.1) is 13.8 Å². The lowest BCUT2D eigenvalue weighted by Crippen LogP contribution is -2.27. The van der Waals surface area contributed by atoms with E-state index in [0.717, 1.165) is 22.5 Å². The predicted octanol–water partition coefficient (Wildman–Crippen LogP) is 5.52. The van der Waals surface area contributed by atoms with E-state index in [1.54, 1.807) is 22.7 Å². The molecule has 0 fully saturated rings. The summed E-state index contributed by atoms with van der Waals surface area (Å²) in [6, 6.07) is 15.1. The van der Waals surface area contributed by atoms with Crippen LogP contribution in [0.5, 0.6) is 0 Å². The van der Waals surface area contributed by atoms with Crippen LogP contribution in [0.4, 0.5) is 0 Å².